The molecule has 1 aliphatic rings. The lowest BCUT2D eigenvalue weighted by molar-refractivity contribution is -0.0864. The third kappa shape index (κ3) is 4.07. The molecule has 112 valence electrons. The number of hydrogen-bond donors (Lipinski definition) is 1. The first-order chi connectivity index (χ1) is 10.3. The van der Waals surface area contributed by atoms with Crippen LogP contribution in [-0.4, -0.2) is 37.5 Å². The smallest absolute Gasteiger partial charge is 0.123 e. The molecule has 1 N–H and O–H groups in total. The molecule has 0 saturated carbocycles. The van der Waals surface area contributed by atoms with E-state index >= 15 is 0 Å². The van der Waals surface area contributed by atoms with Crippen LogP contribution in [0.3, 0.4) is 0 Å². The zero-order valence-electron chi connectivity index (χ0n) is 11.5. The minimum Gasteiger partial charge on any atom is -0.376 e. The van der Waals surface area contributed by atoms with Gasteiger partial charge in [0.2, 0.25) is 0 Å². The van der Waals surface area contributed by atoms with Crippen LogP contribution in [0.1, 0.15) is 5.69 Å². The standard InChI is InChI=1S/C15H17FN2O2S/c16-12-3-1-11(2-4-12)15-18-13(10-21-15)7-17-8-14-9-19-5-6-20-14/h1-4,10,14,17H,5-9H2. The van der Waals surface area contributed by atoms with E-state index in [0.29, 0.717) is 26.4 Å². The number of hydrogen-bond acceptors (Lipinski definition) is 5. The van der Waals surface area contributed by atoms with Crippen LogP contribution in [0.2, 0.25) is 0 Å². The minimum absolute atomic E-state index is 0.119. The second kappa shape index (κ2) is 7.09. The summed E-state index contributed by atoms with van der Waals surface area (Å²) in [5, 5.41) is 6.25. The number of ether oxygens (including phenoxy) is 2. The number of halogens is 1. The number of benzene rings is 1. The first kappa shape index (κ1) is 14.6. The Bertz CT molecular complexity index is 567. The topological polar surface area (TPSA) is 43.4 Å². The van der Waals surface area contributed by atoms with Gasteiger partial charge in [-0.1, -0.05) is 0 Å². The normalized spacial score (nSPS) is 18.8. The van der Waals surface area contributed by atoms with Crippen LogP contribution in [-0.2, 0) is 16.0 Å². The van der Waals surface area contributed by atoms with Crippen LogP contribution >= 0.6 is 11.3 Å². The van der Waals surface area contributed by atoms with E-state index in [1.807, 2.05) is 5.38 Å². The first-order valence-electron chi connectivity index (χ1n) is 6.91. The summed E-state index contributed by atoms with van der Waals surface area (Å²) in [5.74, 6) is -0.230. The van der Waals surface area contributed by atoms with Crippen LogP contribution in [0.4, 0.5) is 4.39 Å². The van der Waals surface area contributed by atoms with Crippen LogP contribution < -0.4 is 5.32 Å². The Morgan fingerprint density at radius 2 is 2.14 bits per heavy atom. The largest absolute Gasteiger partial charge is 0.376 e. The molecule has 1 atom stereocenters. The van der Waals surface area contributed by atoms with Gasteiger partial charge in [-0.25, -0.2) is 9.37 Å². The summed E-state index contributed by atoms with van der Waals surface area (Å²) in [6.45, 7) is 3.44. The van der Waals surface area contributed by atoms with Crippen molar-refractivity contribution in [1.29, 1.82) is 0 Å². The quantitative estimate of drug-likeness (QED) is 0.921. The van der Waals surface area contributed by atoms with Crippen molar-refractivity contribution < 1.29 is 13.9 Å². The van der Waals surface area contributed by atoms with E-state index in [9.17, 15) is 4.39 Å². The molecule has 0 bridgehead atoms. The molecule has 1 unspecified atom stereocenters. The van der Waals surface area contributed by atoms with Crippen molar-refractivity contribution in [3.8, 4) is 10.6 Å². The summed E-state index contributed by atoms with van der Waals surface area (Å²) in [4.78, 5) is 4.55. The van der Waals surface area contributed by atoms with Gasteiger partial charge >= 0.3 is 0 Å². The van der Waals surface area contributed by atoms with E-state index in [4.69, 9.17) is 9.47 Å². The zero-order chi connectivity index (χ0) is 14.5. The molecule has 3 rings (SSSR count). The Morgan fingerprint density at radius 3 is 2.90 bits per heavy atom. The molecule has 0 aliphatic carbocycles. The molecular formula is C15H17FN2O2S. The maximum Gasteiger partial charge on any atom is 0.123 e. The molecule has 1 fully saturated rings. The third-order valence-electron chi connectivity index (χ3n) is 3.21. The number of nitrogens with zero attached hydrogens (tertiary/aromatic N) is 1. The highest BCUT2D eigenvalue weighted by atomic mass is 32.1. The fourth-order valence-electron chi connectivity index (χ4n) is 2.13. The molecule has 6 heteroatoms. The number of nitrogens with one attached hydrogen (secondary N) is 1. The Hall–Kier alpha value is -1.34. The van der Waals surface area contributed by atoms with E-state index in [-0.39, 0.29) is 11.9 Å². The first-order valence-corrected chi connectivity index (χ1v) is 7.79. The summed E-state index contributed by atoms with van der Waals surface area (Å²) >= 11 is 1.57. The molecule has 2 aromatic rings. The molecule has 0 radical (unpaired) electrons. The lowest BCUT2D eigenvalue weighted by Crippen LogP contribution is -2.37. The second-order valence-corrected chi connectivity index (χ2v) is 5.71. The van der Waals surface area contributed by atoms with Crippen molar-refractivity contribution in [3.63, 3.8) is 0 Å². The van der Waals surface area contributed by atoms with Gasteiger partial charge < -0.3 is 14.8 Å². The van der Waals surface area contributed by atoms with Crippen molar-refractivity contribution in [2.45, 2.75) is 12.6 Å². The zero-order valence-corrected chi connectivity index (χ0v) is 12.4. The summed E-state index contributed by atoms with van der Waals surface area (Å²) in [6, 6.07) is 6.40. The molecule has 1 aromatic carbocycles. The van der Waals surface area contributed by atoms with Crippen LogP contribution in [0.5, 0.6) is 0 Å². The number of thiazole rings is 1. The Labute approximate surface area is 126 Å². The molecular weight excluding hydrogens is 291 g/mol. The van der Waals surface area contributed by atoms with Crippen LogP contribution in [0.25, 0.3) is 10.6 Å². The monoisotopic (exact) mass is 308 g/mol. The average Bonchev–Trinajstić information content (AvgIpc) is 2.98. The summed E-state index contributed by atoms with van der Waals surface area (Å²) in [6.07, 6.45) is 0.119. The maximum absolute atomic E-state index is 12.9. The van der Waals surface area contributed by atoms with Gasteiger partial charge in [-0.15, -0.1) is 11.3 Å². The molecule has 2 heterocycles. The molecule has 0 amide bonds. The molecule has 0 spiro atoms. The lowest BCUT2D eigenvalue weighted by Gasteiger charge is -2.22. The fraction of sp³-hybridized carbons (Fsp3) is 0.400. The van der Waals surface area contributed by atoms with Gasteiger partial charge in [-0.2, -0.15) is 0 Å². The van der Waals surface area contributed by atoms with Crippen molar-refractivity contribution in [3.05, 3.63) is 41.2 Å². The summed E-state index contributed by atoms with van der Waals surface area (Å²) in [5.41, 5.74) is 1.92. The van der Waals surface area contributed by atoms with Gasteiger partial charge in [0.1, 0.15) is 10.8 Å². The molecule has 1 aliphatic heterocycles. The van der Waals surface area contributed by atoms with Crippen LogP contribution in [0, 0.1) is 5.82 Å². The van der Waals surface area contributed by atoms with Crippen molar-refractivity contribution in [1.82, 2.24) is 10.3 Å². The van der Waals surface area contributed by atoms with Gasteiger partial charge in [-0.3, -0.25) is 0 Å². The van der Waals surface area contributed by atoms with E-state index < -0.39 is 0 Å². The summed E-state index contributed by atoms with van der Waals surface area (Å²) < 4.78 is 23.8. The highest BCUT2D eigenvalue weighted by Crippen LogP contribution is 2.23. The van der Waals surface area contributed by atoms with E-state index in [1.54, 1.807) is 23.5 Å². The van der Waals surface area contributed by atoms with Crippen molar-refractivity contribution in [2.75, 3.05) is 26.4 Å². The Morgan fingerprint density at radius 1 is 1.29 bits per heavy atom. The highest BCUT2D eigenvalue weighted by molar-refractivity contribution is 7.13. The highest BCUT2D eigenvalue weighted by Gasteiger charge is 2.13. The minimum atomic E-state index is -0.230. The molecule has 1 aromatic heterocycles. The van der Waals surface area contributed by atoms with E-state index in [0.717, 1.165) is 22.8 Å². The predicted octanol–water partition coefficient (Wildman–Crippen LogP) is 2.45. The Balaban J connectivity index is 1.51. The SMILES string of the molecule is Fc1ccc(-c2nc(CNCC3COCCO3)cs2)cc1. The van der Waals surface area contributed by atoms with Gasteiger partial charge in [0.15, 0.2) is 0 Å². The summed E-state index contributed by atoms with van der Waals surface area (Å²) in [7, 11) is 0. The van der Waals surface area contributed by atoms with Crippen LogP contribution in [0.15, 0.2) is 29.6 Å². The lowest BCUT2D eigenvalue weighted by atomic mass is 10.2. The fourth-order valence-corrected chi connectivity index (χ4v) is 2.95. The number of aromatic nitrogens is 1. The van der Waals surface area contributed by atoms with E-state index in [2.05, 4.69) is 10.3 Å². The molecule has 1 saturated heterocycles. The molecule has 4 nitrogen and oxygen atoms in total. The average molecular weight is 308 g/mol. The maximum atomic E-state index is 12.9. The van der Waals surface area contributed by atoms with Crippen molar-refractivity contribution >= 4 is 11.3 Å². The van der Waals surface area contributed by atoms with Gasteiger partial charge in [0.05, 0.1) is 31.6 Å². The van der Waals surface area contributed by atoms with Gasteiger partial charge in [0, 0.05) is 24.0 Å². The molecule has 21 heavy (non-hydrogen) atoms. The van der Waals surface area contributed by atoms with Gasteiger partial charge in [-0.05, 0) is 24.3 Å². The third-order valence-corrected chi connectivity index (χ3v) is 4.15. The number of rotatable bonds is 5. The van der Waals surface area contributed by atoms with Gasteiger partial charge in [0.25, 0.3) is 0 Å². The second-order valence-electron chi connectivity index (χ2n) is 4.85. The van der Waals surface area contributed by atoms with E-state index in [1.165, 1.54) is 12.1 Å². The predicted molar refractivity (Wildman–Crippen MR) is 79.8 cm³/mol. The van der Waals surface area contributed by atoms with Crippen molar-refractivity contribution in [2.24, 2.45) is 0 Å². The Kier molecular flexibility index (Phi) is 4.92.